The number of nitrogens with zero attached hydrogens (tertiary/aromatic N) is 2. The summed E-state index contributed by atoms with van der Waals surface area (Å²) in [6.45, 7) is 1.76. The van der Waals surface area contributed by atoms with E-state index < -0.39 is 6.04 Å². The number of furan rings is 1. The lowest BCUT2D eigenvalue weighted by molar-refractivity contribution is 0.0902. The largest absolute Gasteiger partial charge is 0.459 e. The van der Waals surface area contributed by atoms with Crippen LogP contribution in [-0.2, 0) is 0 Å². The Kier molecular flexibility index (Phi) is 3.78. The second kappa shape index (κ2) is 6.24. The third-order valence-electron chi connectivity index (χ3n) is 3.90. The van der Waals surface area contributed by atoms with Gasteiger partial charge in [0.05, 0.1) is 5.69 Å². The minimum absolute atomic E-state index is 0.160. The Morgan fingerprint density at radius 3 is 2.64 bits per heavy atom. The second-order valence-corrected chi connectivity index (χ2v) is 5.71. The topological polar surface area (TPSA) is 81.2 Å². The first-order valence-electron chi connectivity index (χ1n) is 7.83. The summed E-state index contributed by atoms with van der Waals surface area (Å²) in [6, 6.07) is 14.4. The van der Waals surface area contributed by atoms with Crippen LogP contribution in [0.25, 0.3) is 11.0 Å². The fourth-order valence-corrected chi connectivity index (χ4v) is 2.69. The molecule has 0 fully saturated rings. The van der Waals surface area contributed by atoms with Gasteiger partial charge in [-0.05, 0) is 36.8 Å². The van der Waals surface area contributed by atoms with E-state index in [2.05, 4.69) is 15.5 Å². The second-order valence-electron chi connectivity index (χ2n) is 5.71. The molecule has 1 atom stereocenters. The Morgan fingerprint density at radius 2 is 1.92 bits per heavy atom. The first-order valence-corrected chi connectivity index (χ1v) is 7.83. The smallest absolute Gasteiger partial charge is 0.290 e. The number of carbonyl (C=O) groups excluding carboxylic acids is 1. The predicted octanol–water partition coefficient (Wildman–Crippen LogP) is 3.64. The number of para-hydroxylation sites is 1. The minimum atomic E-state index is -0.465. The zero-order chi connectivity index (χ0) is 17.2. The highest BCUT2D eigenvalue weighted by molar-refractivity contribution is 5.92. The highest BCUT2D eigenvalue weighted by atomic mass is 16.5. The molecule has 0 spiro atoms. The van der Waals surface area contributed by atoms with Crippen LogP contribution in [0.5, 0.6) is 0 Å². The Balaban J connectivity index is 1.72. The first kappa shape index (κ1) is 15.1. The van der Waals surface area contributed by atoms with E-state index in [9.17, 15) is 4.79 Å². The minimum Gasteiger partial charge on any atom is -0.459 e. The van der Waals surface area contributed by atoms with Crippen molar-refractivity contribution in [3.63, 3.8) is 0 Å². The molecule has 1 aromatic carbocycles. The maximum atomic E-state index is 12.5. The van der Waals surface area contributed by atoms with Crippen LogP contribution in [0.1, 0.15) is 33.6 Å². The van der Waals surface area contributed by atoms with Crippen molar-refractivity contribution in [1.82, 2.24) is 15.5 Å². The van der Waals surface area contributed by atoms with E-state index in [1.165, 1.54) is 0 Å². The van der Waals surface area contributed by atoms with Crippen LogP contribution in [0.2, 0.25) is 0 Å². The Bertz CT molecular complexity index is 988. The molecular weight excluding hydrogens is 318 g/mol. The number of carbonyl (C=O) groups is 1. The number of nitrogens with one attached hydrogen (secondary N) is 1. The molecule has 3 aromatic heterocycles. The van der Waals surface area contributed by atoms with Gasteiger partial charge in [-0.2, -0.15) is 0 Å². The number of hydrogen-bond donors (Lipinski definition) is 1. The Labute approximate surface area is 143 Å². The van der Waals surface area contributed by atoms with Gasteiger partial charge in [0.25, 0.3) is 5.91 Å². The summed E-state index contributed by atoms with van der Waals surface area (Å²) in [5.74, 6) is 0.438. The number of benzene rings is 1. The molecule has 4 aromatic rings. The van der Waals surface area contributed by atoms with E-state index in [-0.39, 0.29) is 11.7 Å². The standard InChI is InChI=1S/C19H15N3O3/c1-12-10-17(25-22-12)19(23)21-18(13-6-8-20-9-7-13)16-11-14-4-2-3-5-15(14)24-16/h2-11,18H,1H3,(H,21,23)/t18-/m0/s1. The van der Waals surface area contributed by atoms with Crippen molar-refractivity contribution in [2.45, 2.75) is 13.0 Å². The molecule has 6 nitrogen and oxygen atoms in total. The lowest BCUT2D eigenvalue weighted by atomic mass is 10.1. The number of hydrogen-bond acceptors (Lipinski definition) is 5. The quantitative estimate of drug-likeness (QED) is 0.616. The molecule has 0 saturated carbocycles. The van der Waals surface area contributed by atoms with Crippen LogP contribution in [0.3, 0.4) is 0 Å². The van der Waals surface area contributed by atoms with E-state index in [0.717, 1.165) is 16.5 Å². The molecule has 3 heterocycles. The number of rotatable bonds is 4. The number of pyridine rings is 1. The van der Waals surface area contributed by atoms with Crippen molar-refractivity contribution in [3.05, 3.63) is 83.7 Å². The molecular formula is C19H15N3O3. The molecule has 0 aliphatic carbocycles. The first-order chi connectivity index (χ1) is 12.2. The Morgan fingerprint density at radius 1 is 1.12 bits per heavy atom. The molecule has 4 rings (SSSR count). The average Bonchev–Trinajstić information content (AvgIpc) is 3.26. The molecule has 0 radical (unpaired) electrons. The molecule has 1 amide bonds. The monoisotopic (exact) mass is 333 g/mol. The van der Waals surface area contributed by atoms with Gasteiger partial charge in [0.2, 0.25) is 5.76 Å². The summed E-state index contributed by atoms with van der Waals surface area (Å²) < 4.78 is 11.0. The van der Waals surface area contributed by atoms with Crippen LogP contribution < -0.4 is 5.32 Å². The van der Waals surface area contributed by atoms with Crippen LogP contribution >= 0.6 is 0 Å². The van der Waals surface area contributed by atoms with Gasteiger partial charge in [-0.1, -0.05) is 23.4 Å². The molecule has 6 heteroatoms. The van der Waals surface area contributed by atoms with E-state index in [0.29, 0.717) is 11.5 Å². The lowest BCUT2D eigenvalue weighted by Crippen LogP contribution is -2.28. The number of aryl methyl sites for hydroxylation is 1. The maximum Gasteiger partial charge on any atom is 0.290 e. The molecule has 124 valence electrons. The number of amides is 1. The molecule has 1 N–H and O–H groups in total. The molecule has 0 bridgehead atoms. The van der Waals surface area contributed by atoms with Crippen molar-refractivity contribution in [2.75, 3.05) is 0 Å². The van der Waals surface area contributed by atoms with Gasteiger partial charge >= 0.3 is 0 Å². The third kappa shape index (κ3) is 3.01. The van der Waals surface area contributed by atoms with E-state index in [1.54, 1.807) is 25.4 Å². The average molecular weight is 333 g/mol. The molecule has 0 unspecified atom stereocenters. The summed E-state index contributed by atoms with van der Waals surface area (Å²) in [7, 11) is 0. The molecule has 0 saturated heterocycles. The number of fused-ring (bicyclic) bond motifs is 1. The summed E-state index contributed by atoms with van der Waals surface area (Å²) in [5.41, 5.74) is 2.27. The van der Waals surface area contributed by atoms with Gasteiger partial charge in [0, 0.05) is 23.8 Å². The van der Waals surface area contributed by atoms with Crippen LogP contribution in [0.4, 0.5) is 0 Å². The summed E-state index contributed by atoms with van der Waals surface area (Å²) in [5, 5.41) is 7.68. The van der Waals surface area contributed by atoms with Crippen molar-refractivity contribution in [2.24, 2.45) is 0 Å². The van der Waals surface area contributed by atoms with Crippen LogP contribution in [0.15, 0.2) is 69.9 Å². The van der Waals surface area contributed by atoms with Crippen LogP contribution in [-0.4, -0.2) is 16.0 Å². The fraction of sp³-hybridized carbons (Fsp3) is 0.105. The zero-order valence-corrected chi connectivity index (χ0v) is 13.5. The van der Waals surface area contributed by atoms with E-state index in [1.807, 2.05) is 42.5 Å². The summed E-state index contributed by atoms with van der Waals surface area (Å²) >= 11 is 0. The summed E-state index contributed by atoms with van der Waals surface area (Å²) in [4.78, 5) is 16.6. The van der Waals surface area contributed by atoms with Crippen molar-refractivity contribution in [3.8, 4) is 0 Å². The highest BCUT2D eigenvalue weighted by Crippen LogP contribution is 2.28. The van der Waals surface area contributed by atoms with Gasteiger partial charge in [-0.25, -0.2) is 0 Å². The molecule has 0 aliphatic rings. The van der Waals surface area contributed by atoms with Gasteiger partial charge in [-0.15, -0.1) is 0 Å². The SMILES string of the molecule is Cc1cc(C(=O)N[C@@H](c2ccncc2)c2cc3ccccc3o2)on1. The van der Waals surface area contributed by atoms with Crippen molar-refractivity contribution >= 4 is 16.9 Å². The van der Waals surface area contributed by atoms with Gasteiger partial charge < -0.3 is 14.3 Å². The molecule has 0 aliphatic heterocycles. The van der Waals surface area contributed by atoms with E-state index in [4.69, 9.17) is 8.94 Å². The molecule has 25 heavy (non-hydrogen) atoms. The van der Waals surface area contributed by atoms with E-state index >= 15 is 0 Å². The zero-order valence-electron chi connectivity index (χ0n) is 13.5. The lowest BCUT2D eigenvalue weighted by Gasteiger charge is -2.16. The van der Waals surface area contributed by atoms with Crippen LogP contribution in [0, 0.1) is 6.92 Å². The maximum absolute atomic E-state index is 12.5. The van der Waals surface area contributed by atoms with Gasteiger partial charge in [0.15, 0.2) is 0 Å². The van der Waals surface area contributed by atoms with Gasteiger partial charge in [0.1, 0.15) is 17.4 Å². The van der Waals surface area contributed by atoms with Crippen molar-refractivity contribution in [1.29, 1.82) is 0 Å². The summed E-state index contributed by atoms with van der Waals surface area (Å²) in [6.07, 6.45) is 3.35. The highest BCUT2D eigenvalue weighted by Gasteiger charge is 2.23. The number of aromatic nitrogens is 2. The normalized spacial score (nSPS) is 12.2. The van der Waals surface area contributed by atoms with Gasteiger partial charge in [-0.3, -0.25) is 9.78 Å². The third-order valence-corrected chi connectivity index (χ3v) is 3.90. The fourth-order valence-electron chi connectivity index (χ4n) is 2.69. The Hall–Kier alpha value is -3.41. The van der Waals surface area contributed by atoms with Crippen molar-refractivity contribution < 1.29 is 13.7 Å². The predicted molar refractivity (Wildman–Crippen MR) is 91.0 cm³/mol.